The van der Waals surface area contributed by atoms with Gasteiger partial charge in [-0.25, -0.2) is 9.79 Å². The first-order valence-corrected chi connectivity index (χ1v) is 15.5. The normalized spacial score (nSPS) is 16.6. The molecule has 13 heteroatoms. The minimum Gasteiger partial charge on any atom is -0.493 e. The third kappa shape index (κ3) is 5.83. The van der Waals surface area contributed by atoms with Gasteiger partial charge in [0.15, 0.2) is 16.3 Å². The van der Waals surface area contributed by atoms with E-state index >= 15 is 0 Å². The van der Waals surface area contributed by atoms with Crippen LogP contribution in [0.25, 0.3) is 6.08 Å². The predicted molar refractivity (Wildman–Crippen MR) is 167 cm³/mol. The third-order valence-electron chi connectivity index (χ3n) is 7.34. The molecule has 0 spiro atoms. The summed E-state index contributed by atoms with van der Waals surface area (Å²) in [7, 11) is 1.52. The fourth-order valence-electron chi connectivity index (χ4n) is 5.43. The van der Waals surface area contributed by atoms with Crippen molar-refractivity contribution in [1.82, 2.24) is 4.57 Å². The molecule has 2 aromatic carbocycles. The molecule has 0 bridgehead atoms. The summed E-state index contributed by atoms with van der Waals surface area (Å²) >= 11 is 4.76. The van der Waals surface area contributed by atoms with Crippen molar-refractivity contribution >= 4 is 50.7 Å². The molecule has 1 fully saturated rings. The Hall–Kier alpha value is -3.97. The second-order valence-corrected chi connectivity index (χ2v) is 11.8. The maximum absolute atomic E-state index is 14.1. The maximum atomic E-state index is 14.1. The number of methoxy groups -OCH3 is 1. The number of allylic oxidation sites excluding steroid dienone is 1. The lowest BCUT2D eigenvalue weighted by atomic mass is 9.95. The average Bonchev–Trinajstić information content (AvgIpc) is 3.61. The molecule has 226 valence electrons. The summed E-state index contributed by atoms with van der Waals surface area (Å²) in [6.07, 6.45) is 3.61. The van der Waals surface area contributed by atoms with Crippen LogP contribution in [0.1, 0.15) is 50.8 Å². The first kappa shape index (κ1) is 30.5. The maximum Gasteiger partial charge on any atom is 0.338 e. The van der Waals surface area contributed by atoms with Gasteiger partial charge in [-0.15, -0.1) is 0 Å². The number of esters is 1. The van der Waals surface area contributed by atoms with E-state index in [1.165, 1.54) is 17.7 Å². The minimum atomic E-state index is -0.886. The number of ether oxygens (including phenoxy) is 3. The molecule has 3 aromatic rings. The molecule has 1 aromatic heterocycles. The van der Waals surface area contributed by atoms with Crippen LogP contribution in [0.3, 0.4) is 0 Å². The van der Waals surface area contributed by atoms with E-state index in [9.17, 15) is 19.7 Å². The molecule has 0 aliphatic carbocycles. The van der Waals surface area contributed by atoms with Crippen LogP contribution in [-0.2, 0) is 9.53 Å². The van der Waals surface area contributed by atoms with Crippen LogP contribution in [0.2, 0.25) is 0 Å². The average molecular weight is 672 g/mol. The zero-order valence-electron chi connectivity index (χ0n) is 24.2. The van der Waals surface area contributed by atoms with Gasteiger partial charge in [0.2, 0.25) is 0 Å². The van der Waals surface area contributed by atoms with Gasteiger partial charge in [0.1, 0.15) is 5.69 Å². The molecule has 3 heterocycles. The van der Waals surface area contributed by atoms with Gasteiger partial charge in [-0.2, -0.15) is 0 Å². The van der Waals surface area contributed by atoms with Crippen molar-refractivity contribution in [2.75, 3.05) is 38.3 Å². The molecular formula is C30H31BrN4O7S. The molecule has 2 aliphatic heterocycles. The number of nitrogens with zero attached hydrogens (tertiary/aromatic N) is 4. The molecule has 0 unspecified atom stereocenters. The van der Waals surface area contributed by atoms with Crippen LogP contribution in [0, 0.1) is 10.1 Å². The first-order chi connectivity index (χ1) is 20.7. The van der Waals surface area contributed by atoms with E-state index in [2.05, 4.69) is 20.9 Å². The summed E-state index contributed by atoms with van der Waals surface area (Å²) in [5, 5.41) is 12.0. The Bertz CT molecular complexity index is 1810. The number of nitro benzene ring substituents is 1. The molecule has 5 rings (SSSR count). The van der Waals surface area contributed by atoms with Crippen LogP contribution in [0.4, 0.5) is 11.4 Å². The summed E-state index contributed by atoms with van der Waals surface area (Å²) < 4.78 is 19.1. The van der Waals surface area contributed by atoms with Gasteiger partial charge in [0.05, 0.1) is 47.1 Å². The number of carbonyl (C=O) groups is 1. The smallest absolute Gasteiger partial charge is 0.338 e. The minimum absolute atomic E-state index is 0.00726. The van der Waals surface area contributed by atoms with Crippen molar-refractivity contribution in [3.05, 3.63) is 87.0 Å². The number of aromatic nitrogens is 1. The number of hydrogen-bond acceptors (Lipinski definition) is 10. The third-order valence-corrected chi connectivity index (χ3v) is 9.00. The monoisotopic (exact) mass is 670 g/mol. The van der Waals surface area contributed by atoms with Crippen LogP contribution in [-0.4, -0.2) is 48.9 Å². The summed E-state index contributed by atoms with van der Waals surface area (Å²) in [5.74, 6) is 0.353. The number of benzene rings is 2. The van der Waals surface area contributed by atoms with Crippen molar-refractivity contribution in [3.8, 4) is 11.5 Å². The Morgan fingerprint density at radius 2 is 1.93 bits per heavy atom. The van der Waals surface area contributed by atoms with Crippen LogP contribution in [0.15, 0.2) is 55.9 Å². The van der Waals surface area contributed by atoms with Crippen molar-refractivity contribution in [2.24, 2.45) is 4.99 Å². The van der Waals surface area contributed by atoms with Crippen LogP contribution >= 0.6 is 27.3 Å². The van der Waals surface area contributed by atoms with Gasteiger partial charge in [0, 0.05) is 23.6 Å². The summed E-state index contributed by atoms with van der Waals surface area (Å²) in [4.78, 5) is 45.9. The Morgan fingerprint density at radius 1 is 1.19 bits per heavy atom. The van der Waals surface area contributed by atoms with Crippen LogP contribution < -0.4 is 29.3 Å². The van der Waals surface area contributed by atoms with Crippen LogP contribution in [0.5, 0.6) is 11.5 Å². The molecule has 1 saturated heterocycles. The van der Waals surface area contributed by atoms with E-state index in [0.717, 1.165) is 37.3 Å². The van der Waals surface area contributed by atoms with Crippen molar-refractivity contribution in [3.63, 3.8) is 0 Å². The molecule has 0 saturated carbocycles. The number of hydrogen-bond donors (Lipinski definition) is 0. The SMILES string of the molecule is CCOC(=O)C1=C(C)N=c2s/c(=C\c3ccc(N4CCCC4)c([N+](=O)[O-])c3)c(=O)n2[C@H]1c1cc(OC)c(OCC)cc1Br. The number of rotatable bonds is 9. The Balaban J connectivity index is 1.69. The van der Waals surface area contributed by atoms with Gasteiger partial charge < -0.3 is 19.1 Å². The number of nitro groups is 1. The number of anilines is 1. The van der Waals surface area contributed by atoms with E-state index in [1.54, 1.807) is 44.2 Å². The lowest BCUT2D eigenvalue weighted by Crippen LogP contribution is -2.40. The molecular weight excluding hydrogens is 640 g/mol. The molecule has 0 N–H and O–H groups in total. The molecule has 1 atom stereocenters. The Morgan fingerprint density at radius 3 is 2.58 bits per heavy atom. The van der Waals surface area contributed by atoms with Crippen molar-refractivity contribution in [1.29, 1.82) is 0 Å². The number of halogens is 1. The molecule has 43 heavy (non-hydrogen) atoms. The van der Waals surface area contributed by atoms with Gasteiger partial charge in [-0.05, 0) is 69.0 Å². The second kappa shape index (κ2) is 12.7. The van der Waals surface area contributed by atoms with E-state index < -0.39 is 22.5 Å². The topological polar surface area (TPSA) is 126 Å². The second-order valence-electron chi connectivity index (χ2n) is 9.96. The zero-order valence-corrected chi connectivity index (χ0v) is 26.6. The van der Waals surface area contributed by atoms with E-state index in [1.807, 2.05) is 11.8 Å². The van der Waals surface area contributed by atoms with Gasteiger partial charge in [-0.3, -0.25) is 19.5 Å². The van der Waals surface area contributed by atoms with Gasteiger partial charge in [0.25, 0.3) is 11.2 Å². The predicted octanol–water partition coefficient (Wildman–Crippen LogP) is 4.48. The number of carbonyl (C=O) groups excluding carboxylic acids is 1. The summed E-state index contributed by atoms with van der Waals surface area (Å²) in [6, 6.07) is 7.60. The van der Waals surface area contributed by atoms with E-state index in [0.29, 0.717) is 54.4 Å². The first-order valence-electron chi connectivity index (χ1n) is 13.9. The highest BCUT2D eigenvalue weighted by molar-refractivity contribution is 9.10. The number of thiazole rings is 1. The van der Waals surface area contributed by atoms with E-state index in [4.69, 9.17) is 14.2 Å². The van der Waals surface area contributed by atoms with Gasteiger partial charge in [-0.1, -0.05) is 33.3 Å². The quantitative estimate of drug-likeness (QED) is 0.185. The standard InChI is InChI=1S/C30H31BrN4O7S/c1-5-41-24-16-20(31)19(15-23(24)40-4)27-26(29(37)42-6-2)17(3)32-30-34(27)28(36)25(43-30)14-18-9-10-21(22(13-18)35(38)39)33-11-7-8-12-33/h9-10,13-16,27H,5-8,11-12H2,1-4H3/b25-14-/t27-/m0/s1. The number of fused-ring (bicyclic) bond motifs is 1. The van der Waals surface area contributed by atoms with Gasteiger partial charge >= 0.3 is 5.97 Å². The molecule has 0 amide bonds. The lowest BCUT2D eigenvalue weighted by molar-refractivity contribution is -0.384. The van der Waals surface area contributed by atoms with E-state index in [-0.39, 0.29) is 17.9 Å². The highest BCUT2D eigenvalue weighted by Crippen LogP contribution is 2.41. The summed E-state index contributed by atoms with van der Waals surface area (Å²) in [5.41, 5.74) is 1.91. The Labute approximate surface area is 260 Å². The molecule has 11 nitrogen and oxygen atoms in total. The zero-order chi connectivity index (χ0) is 30.8. The van der Waals surface area contributed by atoms with Crippen molar-refractivity contribution < 1.29 is 23.9 Å². The molecule has 2 aliphatic rings. The highest BCUT2D eigenvalue weighted by atomic mass is 79.9. The lowest BCUT2D eigenvalue weighted by Gasteiger charge is -2.26. The highest BCUT2D eigenvalue weighted by Gasteiger charge is 2.35. The fraction of sp³-hybridized carbons (Fsp3) is 0.367. The fourth-order valence-corrected chi connectivity index (χ4v) is 7.01. The summed E-state index contributed by atoms with van der Waals surface area (Å²) in [6.45, 7) is 7.38. The largest absolute Gasteiger partial charge is 0.493 e. The van der Waals surface area contributed by atoms with Crippen molar-refractivity contribution in [2.45, 2.75) is 39.7 Å². The molecule has 0 radical (unpaired) electrons. The Kier molecular flexibility index (Phi) is 9.02.